The van der Waals surface area contributed by atoms with Crippen molar-refractivity contribution in [2.45, 2.75) is 25.3 Å². The number of hydrogen-bond acceptors (Lipinski definition) is 6. The van der Waals surface area contributed by atoms with Crippen molar-refractivity contribution in [1.29, 1.82) is 0 Å². The summed E-state index contributed by atoms with van der Waals surface area (Å²) in [5.41, 5.74) is 4.26. The zero-order valence-electron chi connectivity index (χ0n) is 18.4. The molecule has 0 unspecified atom stereocenters. The van der Waals surface area contributed by atoms with Crippen LogP contribution in [0.25, 0.3) is 0 Å². The van der Waals surface area contributed by atoms with Crippen LogP contribution in [-0.4, -0.2) is 30.0 Å². The third-order valence-electron chi connectivity index (χ3n) is 6.01. The van der Waals surface area contributed by atoms with Crippen LogP contribution in [0.3, 0.4) is 0 Å². The predicted molar refractivity (Wildman–Crippen MR) is 129 cm³/mol. The Labute approximate surface area is 197 Å². The Morgan fingerprint density at radius 3 is 2.47 bits per heavy atom. The monoisotopic (exact) mass is 453 g/mol. The number of para-hydroxylation sites is 1. The lowest BCUT2D eigenvalue weighted by atomic mass is 9.99. The summed E-state index contributed by atoms with van der Waals surface area (Å²) < 4.78 is 5.36. The fourth-order valence-corrected chi connectivity index (χ4v) is 4.24. The molecule has 1 amide bonds. The molecule has 2 heterocycles. The summed E-state index contributed by atoms with van der Waals surface area (Å²) in [5, 5.41) is 9.17. The van der Waals surface area contributed by atoms with Gasteiger partial charge in [-0.05, 0) is 47.9 Å². The van der Waals surface area contributed by atoms with E-state index in [4.69, 9.17) is 4.74 Å². The van der Waals surface area contributed by atoms with Gasteiger partial charge in [-0.3, -0.25) is 14.6 Å². The molecule has 0 aliphatic carbocycles. The topological polar surface area (TPSA) is 88.1 Å². The number of fused-ring (bicyclic) bond motifs is 1. The fourth-order valence-electron chi connectivity index (χ4n) is 4.24. The number of hydrazone groups is 1. The van der Waals surface area contributed by atoms with E-state index >= 15 is 0 Å². The van der Waals surface area contributed by atoms with Crippen LogP contribution in [-0.2, 0) is 20.7 Å². The quantitative estimate of drug-likeness (QED) is 0.444. The smallest absolute Gasteiger partial charge is 0.355 e. The standard InChI is InChI=1S/C27H23N3O4/c31-25(20-11-13-22-19(15-20)12-14-26(32)28-22)17-34-27(33)23-16-24(18-7-3-1-4-8-18)30(29-23)21-9-5-2-6-10-21/h1-11,13,15,24H,12,14,16-17H2,(H,28,32)/t24-/m1/s1. The average Bonchev–Trinajstić information content (AvgIpc) is 3.33. The van der Waals surface area contributed by atoms with Crippen molar-refractivity contribution in [3.63, 3.8) is 0 Å². The second-order valence-electron chi connectivity index (χ2n) is 8.28. The molecule has 170 valence electrons. The minimum absolute atomic E-state index is 0.0313. The Bertz CT molecular complexity index is 1270. The van der Waals surface area contributed by atoms with Crippen LogP contribution < -0.4 is 10.3 Å². The summed E-state index contributed by atoms with van der Waals surface area (Å²) >= 11 is 0. The first-order valence-corrected chi connectivity index (χ1v) is 11.2. The molecule has 1 atom stereocenters. The highest BCUT2D eigenvalue weighted by molar-refractivity contribution is 6.37. The molecule has 3 aromatic rings. The lowest BCUT2D eigenvalue weighted by Crippen LogP contribution is -2.22. The first kappa shape index (κ1) is 21.6. The number of amides is 1. The highest BCUT2D eigenvalue weighted by Gasteiger charge is 2.33. The van der Waals surface area contributed by atoms with Crippen LogP contribution >= 0.6 is 0 Å². The summed E-state index contributed by atoms with van der Waals surface area (Å²) in [6, 6.07) is 24.5. The number of Topliss-reactive ketones (excluding diaryl/α,β-unsaturated/α-hetero) is 1. The number of nitrogens with one attached hydrogen (secondary N) is 1. The van der Waals surface area contributed by atoms with Crippen molar-refractivity contribution in [2.75, 3.05) is 16.9 Å². The minimum Gasteiger partial charge on any atom is -0.453 e. The Morgan fingerprint density at radius 1 is 0.971 bits per heavy atom. The zero-order valence-corrected chi connectivity index (χ0v) is 18.4. The third-order valence-corrected chi connectivity index (χ3v) is 6.01. The second-order valence-corrected chi connectivity index (χ2v) is 8.28. The molecule has 0 fully saturated rings. The van der Waals surface area contributed by atoms with E-state index in [2.05, 4.69) is 10.4 Å². The molecule has 3 aromatic carbocycles. The van der Waals surface area contributed by atoms with Crippen LogP contribution in [0, 0.1) is 0 Å². The van der Waals surface area contributed by atoms with Crippen molar-refractivity contribution >= 4 is 34.7 Å². The van der Waals surface area contributed by atoms with Crippen molar-refractivity contribution in [3.05, 3.63) is 95.6 Å². The first-order valence-electron chi connectivity index (χ1n) is 11.2. The molecular formula is C27H23N3O4. The Morgan fingerprint density at radius 2 is 1.71 bits per heavy atom. The van der Waals surface area contributed by atoms with Crippen LogP contribution in [0.15, 0.2) is 84.0 Å². The molecule has 7 heteroatoms. The molecule has 7 nitrogen and oxygen atoms in total. The van der Waals surface area contributed by atoms with E-state index in [9.17, 15) is 14.4 Å². The van der Waals surface area contributed by atoms with E-state index in [1.54, 1.807) is 18.2 Å². The van der Waals surface area contributed by atoms with Gasteiger partial charge in [0.25, 0.3) is 0 Å². The maximum atomic E-state index is 12.8. The van der Waals surface area contributed by atoms with E-state index in [1.807, 2.05) is 65.7 Å². The van der Waals surface area contributed by atoms with Crippen LogP contribution in [0.1, 0.15) is 40.4 Å². The number of esters is 1. The van der Waals surface area contributed by atoms with Crippen LogP contribution in [0.5, 0.6) is 0 Å². The summed E-state index contributed by atoms with van der Waals surface area (Å²) in [5.74, 6) is -0.930. The molecular weight excluding hydrogens is 430 g/mol. The van der Waals surface area contributed by atoms with E-state index in [1.165, 1.54) is 0 Å². The summed E-state index contributed by atoms with van der Waals surface area (Å²) in [6.07, 6.45) is 1.35. The van der Waals surface area contributed by atoms with Crippen molar-refractivity contribution < 1.29 is 19.1 Å². The van der Waals surface area contributed by atoms with E-state index < -0.39 is 5.97 Å². The molecule has 2 aliphatic rings. The molecule has 2 aliphatic heterocycles. The molecule has 34 heavy (non-hydrogen) atoms. The van der Waals surface area contributed by atoms with Gasteiger partial charge in [0.1, 0.15) is 5.71 Å². The molecule has 0 aromatic heterocycles. The van der Waals surface area contributed by atoms with Gasteiger partial charge in [0.05, 0.1) is 11.7 Å². The number of ether oxygens (including phenoxy) is 1. The van der Waals surface area contributed by atoms with Gasteiger partial charge in [-0.25, -0.2) is 4.79 Å². The molecule has 1 N–H and O–H groups in total. The molecule has 0 saturated heterocycles. The highest BCUT2D eigenvalue weighted by Crippen LogP contribution is 2.35. The fraction of sp³-hybridized carbons (Fsp3) is 0.185. The van der Waals surface area contributed by atoms with Crippen molar-refractivity contribution in [3.8, 4) is 0 Å². The maximum absolute atomic E-state index is 12.8. The maximum Gasteiger partial charge on any atom is 0.355 e. The van der Waals surface area contributed by atoms with Gasteiger partial charge in [0.15, 0.2) is 12.4 Å². The first-order chi connectivity index (χ1) is 16.6. The van der Waals surface area contributed by atoms with Crippen LogP contribution in [0.4, 0.5) is 11.4 Å². The van der Waals surface area contributed by atoms with Crippen molar-refractivity contribution in [2.24, 2.45) is 5.10 Å². The lowest BCUT2D eigenvalue weighted by Gasteiger charge is -2.23. The summed E-state index contributed by atoms with van der Waals surface area (Å²) in [4.78, 5) is 37.0. The average molecular weight is 453 g/mol. The highest BCUT2D eigenvalue weighted by atomic mass is 16.5. The zero-order chi connectivity index (χ0) is 23.5. The number of carbonyl (C=O) groups is 3. The van der Waals surface area contributed by atoms with Gasteiger partial charge in [-0.2, -0.15) is 5.10 Å². The van der Waals surface area contributed by atoms with Gasteiger partial charge >= 0.3 is 5.97 Å². The Balaban J connectivity index is 1.29. The van der Waals surface area contributed by atoms with E-state index in [0.29, 0.717) is 24.8 Å². The van der Waals surface area contributed by atoms with Gasteiger partial charge < -0.3 is 10.1 Å². The van der Waals surface area contributed by atoms with E-state index in [0.717, 1.165) is 22.5 Å². The number of nitrogens with zero attached hydrogens (tertiary/aromatic N) is 2. The second kappa shape index (κ2) is 9.31. The summed E-state index contributed by atoms with van der Waals surface area (Å²) in [7, 11) is 0. The summed E-state index contributed by atoms with van der Waals surface area (Å²) in [6.45, 7) is -0.371. The molecule has 0 spiro atoms. The molecule has 0 bridgehead atoms. The SMILES string of the molecule is O=C1CCc2cc(C(=O)COC(=O)C3=NN(c4ccccc4)[C@@H](c4ccccc4)C3)ccc2N1. The predicted octanol–water partition coefficient (Wildman–Crippen LogP) is 4.30. The largest absolute Gasteiger partial charge is 0.453 e. The number of ketones is 1. The number of hydrogen-bond donors (Lipinski definition) is 1. The molecule has 0 radical (unpaired) electrons. The number of aryl methyl sites for hydroxylation is 1. The number of benzene rings is 3. The van der Waals surface area contributed by atoms with Crippen LogP contribution in [0.2, 0.25) is 0 Å². The minimum atomic E-state index is -0.599. The molecule has 5 rings (SSSR count). The molecule has 0 saturated carbocycles. The number of carbonyl (C=O) groups excluding carboxylic acids is 3. The normalized spacial score (nSPS) is 16.9. The van der Waals surface area contributed by atoms with Gasteiger partial charge in [0.2, 0.25) is 5.91 Å². The Hall–Kier alpha value is -4.26. The van der Waals surface area contributed by atoms with Gasteiger partial charge in [-0.15, -0.1) is 0 Å². The van der Waals surface area contributed by atoms with Gasteiger partial charge in [0, 0.05) is 24.1 Å². The van der Waals surface area contributed by atoms with Gasteiger partial charge in [-0.1, -0.05) is 48.5 Å². The third kappa shape index (κ3) is 4.45. The van der Waals surface area contributed by atoms with E-state index in [-0.39, 0.29) is 30.1 Å². The number of anilines is 2. The number of rotatable bonds is 6. The Kier molecular flexibility index (Phi) is 5.91. The van der Waals surface area contributed by atoms with Crippen molar-refractivity contribution in [1.82, 2.24) is 0 Å². The lowest BCUT2D eigenvalue weighted by molar-refractivity contribution is -0.134.